The van der Waals surface area contributed by atoms with Crippen molar-refractivity contribution in [3.05, 3.63) is 95.8 Å². The van der Waals surface area contributed by atoms with Gasteiger partial charge in [0.15, 0.2) is 0 Å². The van der Waals surface area contributed by atoms with E-state index in [0.717, 1.165) is 12.3 Å². The molecule has 0 aliphatic carbocycles. The molecule has 0 spiro atoms. The van der Waals surface area contributed by atoms with Gasteiger partial charge in [0.25, 0.3) is 11.8 Å². The van der Waals surface area contributed by atoms with E-state index >= 15 is 0 Å². The Bertz CT molecular complexity index is 1330. The number of benzene rings is 3. The summed E-state index contributed by atoms with van der Waals surface area (Å²) in [5.41, 5.74) is 4.15. The zero-order valence-corrected chi connectivity index (χ0v) is 19.3. The number of hydrogen-bond donors (Lipinski definition) is 2. The largest absolute Gasteiger partial charge is 0.322 e. The van der Waals surface area contributed by atoms with Crippen LogP contribution in [0, 0.1) is 5.82 Å². The first-order valence-corrected chi connectivity index (χ1v) is 12.0. The van der Waals surface area contributed by atoms with Gasteiger partial charge in [-0.15, -0.1) is 0 Å². The highest BCUT2D eigenvalue weighted by Gasteiger charge is 2.23. The van der Waals surface area contributed by atoms with E-state index in [-0.39, 0.29) is 11.6 Å². The van der Waals surface area contributed by atoms with Crippen molar-refractivity contribution in [2.45, 2.75) is 6.92 Å². The number of nitrogens with one attached hydrogen (secondary N) is 2. The van der Waals surface area contributed by atoms with E-state index in [4.69, 9.17) is 0 Å². The van der Waals surface area contributed by atoms with Crippen molar-refractivity contribution in [2.24, 2.45) is 5.10 Å². The Morgan fingerprint density at radius 1 is 0.941 bits per heavy atom. The number of amides is 2. The normalized spacial score (nSPS) is 11.6. The lowest BCUT2D eigenvalue weighted by atomic mass is 10.1. The predicted molar refractivity (Wildman–Crippen MR) is 130 cm³/mol. The van der Waals surface area contributed by atoms with E-state index in [2.05, 4.69) is 15.8 Å². The third-order valence-electron chi connectivity index (χ3n) is 4.73. The lowest BCUT2D eigenvalue weighted by Gasteiger charge is -2.21. The second-order valence-electron chi connectivity index (χ2n) is 7.35. The molecular weight excluding hydrogens is 459 g/mol. The summed E-state index contributed by atoms with van der Waals surface area (Å²) in [6.45, 7) is 0.993. The minimum atomic E-state index is -3.92. The van der Waals surface area contributed by atoms with Gasteiger partial charge < -0.3 is 5.32 Å². The average molecular weight is 483 g/mol. The SMILES string of the molecule is C/C(=N/NC(=O)CN(c1ccccc1F)S(C)(=O)=O)c1cccc(NC(=O)c2ccccc2)c1. The Morgan fingerprint density at radius 2 is 1.59 bits per heavy atom. The van der Waals surface area contributed by atoms with Crippen molar-refractivity contribution < 1.29 is 22.4 Å². The second-order valence-corrected chi connectivity index (χ2v) is 9.26. The van der Waals surface area contributed by atoms with Gasteiger partial charge in [-0.1, -0.05) is 42.5 Å². The maximum atomic E-state index is 14.1. The van der Waals surface area contributed by atoms with Gasteiger partial charge >= 0.3 is 0 Å². The summed E-state index contributed by atoms with van der Waals surface area (Å²) >= 11 is 0. The number of carbonyl (C=O) groups is 2. The first-order valence-electron chi connectivity index (χ1n) is 10.2. The zero-order chi connectivity index (χ0) is 24.7. The van der Waals surface area contributed by atoms with Crippen molar-refractivity contribution >= 4 is 38.9 Å². The van der Waals surface area contributed by atoms with Crippen LogP contribution in [0.4, 0.5) is 15.8 Å². The van der Waals surface area contributed by atoms with E-state index < -0.39 is 28.3 Å². The summed E-state index contributed by atoms with van der Waals surface area (Å²) in [5, 5.41) is 6.81. The molecule has 0 aromatic heterocycles. The second kappa shape index (κ2) is 10.7. The first kappa shape index (κ1) is 24.6. The quantitative estimate of drug-likeness (QED) is 0.379. The number of hydrazone groups is 1. The third-order valence-corrected chi connectivity index (χ3v) is 5.86. The molecule has 34 heavy (non-hydrogen) atoms. The fourth-order valence-corrected chi connectivity index (χ4v) is 3.88. The molecule has 176 valence electrons. The lowest BCUT2D eigenvalue weighted by molar-refractivity contribution is -0.119. The van der Waals surface area contributed by atoms with E-state index in [1.165, 1.54) is 18.2 Å². The van der Waals surface area contributed by atoms with Crippen LogP contribution in [0.5, 0.6) is 0 Å². The van der Waals surface area contributed by atoms with Gasteiger partial charge in [0, 0.05) is 11.3 Å². The number of hydrogen-bond acceptors (Lipinski definition) is 5. The molecule has 0 unspecified atom stereocenters. The van der Waals surface area contributed by atoms with Gasteiger partial charge in [0.05, 0.1) is 17.7 Å². The molecule has 0 heterocycles. The van der Waals surface area contributed by atoms with E-state index in [0.29, 0.717) is 26.8 Å². The zero-order valence-electron chi connectivity index (χ0n) is 18.5. The highest BCUT2D eigenvalue weighted by atomic mass is 32.2. The minimum absolute atomic E-state index is 0.234. The first-order chi connectivity index (χ1) is 16.1. The Labute approximate surface area is 197 Å². The van der Waals surface area contributed by atoms with Gasteiger partial charge in [0.2, 0.25) is 10.0 Å². The molecule has 2 amide bonds. The fraction of sp³-hybridized carbons (Fsp3) is 0.125. The number of nitrogens with zero attached hydrogens (tertiary/aromatic N) is 2. The van der Waals surface area contributed by atoms with Gasteiger partial charge in [-0.2, -0.15) is 5.10 Å². The molecule has 0 bridgehead atoms. The monoisotopic (exact) mass is 482 g/mol. The van der Waals surface area contributed by atoms with Crippen LogP contribution in [0.2, 0.25) is 0 Å². The van der Waals surface area contributed by atoms with Crippen LogP contribution in [0.15, 0.2) is 84.0 Å². The van der Waals surface area contributed by atoms with Crippen LogP contribution < -0.4 is 15.0 Å². The molecule has 0 atom stereocenters. The molecule has 0 saturated heterocycles. The van der Waals surface area contributed by atoms with Crippen molar-refractivity contribution in [2.75, 3.05) is 22.4 Å². The Morgan fingerprint density at radius 3 is 2.26 bits per heavy atom. The van der Waals surface area contributed by atoms with Crippen LogP contribution in [0.3, 0.4) is 0 Å². The topological polar surface area (TPSA) is 108 Å². The number of carbonyl (C=O) groups excluding carboxylic acids is 2. The minimum Gasteiger partial charge on any atom is -0.322 e. The molecule has 0 saturated carbocycles. The highest BCUT2D eigenvalue weighted by Crippen LogP contribution is 2.21. The number of para-hydroxylation sites is 1. The van der Waals surface area contributed by atoms with E-state index in [1.807, 2.05) is 6.07 Å². The number of anilines is 2. The molecule has 3 aromatic rings. The molecule has 0 aliphatic rings. The highest BCUT2D eigenvalue weighted by molar-refractivity contribution is 7.92. The molecule has 0 fully saturated rings. The summed E-state index contributed by atoms with van der Waals surface area (Å²) < 4.78 is 39.0. The van der Waals surface area contributed by atoms with Crippen molar-refractivity contribution in [1.82, 2.24) is 5.43 Å². The molecule has 3 aromatic carbocycles. The number of rotatable bonds is 8. The fourth-order valence-electron chi connectivity index (χ4n) is 3.03. The van der Waals surface area contributed by atoms with Gasteiger partial charge in [-0.3, -0.25) is 13.9 Å². The van der Waals surface area contributed by atoms with E-state index in [9.17, 15) is 22.4 Å². The van der Waals surface area contributed by atoms with Gasteiger partial charge in [0.1, 0.15) is 12.4 Å². The van der Waals surface area contributed by atoms with Crippen LogP contribution in [-0.2, 0) is 14.8 Å². The average Bonchev–Trinajstić information content (AvgIpc) is 2.81. The van der Waals surface area contributed by atoms with Crippen LogP contribution in [-0.4, -0.2) is 38.7 Å². The lowest BCUT2D eigenvalue weighted by Crippen LogP contribution is -2.39. The van der Waals surface area contributed by atoms with Crippen LogP contribution in [0.25, 0.3) is 0 Å². The molecule has 8 nitrogen and oxygen atoms in total. The number of halogens is 1. The maximum Gasteiger partial charge on any atom is 0.260 e. The third kappa shape index (κ3) is 6.48. The van der Waals surface area contributed by atoms with Gasteiger partial charge in [-0.25, -0.2) is 18.2 Å². The standard InChI is InChI=1S/C24H23FN4O4S/c1-17(19-11-8-12-20(15-19)26-24(31)18-9-4-3-5-10-18)27-28-23(30)16-29(34(2,32)33)22-14-7-6-13-21(22)25/h3-15H,16H2,1-2H3,(H,26,31)(H,28,30)/b27-17-. The molecule has 10 heteroatoms. The summed E-state index contributed by atoms with van der Waals surface area (Å²) in [5.74, 6) is -1.79. The Kier molecular flexibility index (Phi) is 7.75. The molecule has 3 rings (SSSR count). The van der Waals surface area contributed by atoms with Crippen LogP contribution in [0.1, 0.15) is 22.8 Å². The van der Waals surface area contributed by atoms with Crippen LogP contribution >= 0.6 is 0 Å². The maximum absolute atomic E-state index is 14.1. The summed E-state index contributed by atoms with van der Waals surface area (Å²) in [7, 11) is -3.92. The Balaban J connectivity index is 1.69. The van der Waals surface area contributed by atoms with Gasteiger partial charge in [-0.05, 0) is 48.9 Å². The number of sulfonamides is 1. The Hall–Kier alpha value is -4.05. The molecule has 2 N–H and O–H groups in total. The van der Waals surface area contributed by atoms with E-state index in [1.54, 1.807) is 55.5 Å². The molecule has 0 aliphatic heterocycles. The van der Waals surface area contributed by atoms with Crippen molar-refractivity contribution in [3.8, 4) is 0 Å². The van der Waals surface area contributed by atoms with Crippen molar-refractivity contribution in [3.63, 3.8) is 0 Å². The molecular formula is C24H23FN4O4S. The summed E-state index contributed by atoms with van der Waals surface area (Å²) in [6.07, 6.45) is 0.885. The van der Waals surface area contributed by atoms with Crippen molar-refractivity contribution in [1.29, 1.82) is 0 Å². The predicted octanol–water partition coefficient (Wildman–Crippen LogP) is 3.38. The smallest absolute Gasteiger partial charge is 0.260 e. The summed E-state index contributed by atoms with van der Waals surface area (Å²) in [4.78, 5) is 24.7. The summed E-state index contributed by atoms with van der Waals surface area (Å²) in [6, 6.07) is 20.9. The molecule has 0 radical (unpaired) electrons.